The zero-order valence-electron chi connectivity index (χ0n) is 28.2. The van der Waals surface area contributed by atoms with Crippen molar-refractivity contribution >= 4 is 5.97 Å². The van der Waals surface area contributed by atoms with E-state index in [0.29, 0.717) is 24.3 Å². The zero-order chi connectivity index (χ0) is 33.1. The maximum atomic E-state index is 13.1. The number of hydrogen-bond donors (Lipinski definition) is 5. The summed E-state index contributed by atoms with van der Waals surface area (Å²) in [6.07, 6.45) is 0. The molecule has 2 aromatic carbocycles. The summed E-state index contributed by atoms with van der Waals surface area (Å²) >= 11 is 0. The van der Waals surface area contributed by atoms with Crippen LogP contribution in [0.5, 0.6) is 11.5 Å². The van der Waals surface area contributed by atoms with E-state index < -0.39 is 11.4 Å². The number of aliphatic carboxylic acids is 1. The molecule has 0 aliphatic rings. The number of phenolic OH excluding ortho intramolecular Hbond substituents is 2. The molecule has 2 rings (SSSR count). The van der Waals surface area contributed by atoms with Crippen molar-refractivity contribution in [2.75, 3.05) is 26.4 Å². The molecule has 0 saturated carbocycles. The highest BCUT2D eigenvalue weighted by Crippen LogP contribution is 2.47. The molecule has 0 spiro atoms. The molecule has 5 N–H and O–H groups in total. The first-order valence-corrected chi connectivity index (χ1v) is 14.6. The number of aliphatic hydroxyl groups is 2. The Morgan fingerprint density at radius 1 is 0.571 bits per heavy atom. The highest BCUT2D eigenvalue weighted by Gasteiger charge is 2.42. The fourth-order valence-electron chi connectivity index (χ4n) is 4.78. The van der Waals surface area contributed by atoms with Crippen molar-refractivity contribution in [1.82, 2.24) is 0 Å². The summed E-state index contributed by atoms with van der Waals surface area (Å²) < 4.78 is 4.63. The van der Waals surface area contributed by atoms with Gasteiger partial charge in [-0.25, -0.2) is 0 Å². The average molecular weight is 589 g/mol. The number of hydrogen-bond acceptors (Lipinski definition) is 6. The second-order valence-electron chi connectivity index (χ2n) is 15.3. The maximum absolute atomic E-state index is 13.1. The molecule has 0 bridgehead atoms. The lowest BCUT2D eigenvalue weighted by Gasteiger charge is -2.35. The van der Waals surface area contributed by atoms with Gasteiger partial charge in [-0.05, 0) is 62.0 Å². The van der Waals surface area contributed by atoms with Gasteiger partial charge in [-0.15, -0.1) is 0 Å². The Morgan fingerprint density at radius 3 is 0.976 bits per heavy atom. The van der Waals surface area contributed by atoms with Gasteiger partial charge in [0.2, 0.25) is 0 Å². The topological polar surface area (TPSA) is 127 Å². The molecule has 0 aromatic heterocycles. The first-order chi connectivity index (χ1) is 18.8. The summed E-state index contributed by atoms with van der Waals surface area (Å²) in [4.78, 5) is 13.1. The molecular formula is C35H56O7. The molecule has 0 fully saturated rings. The van der Waals surface area contributed by atoms with Crippen LogP contribution < -0.4 is 0 Å². The van der Waals surface area contributed by atoms with E-state index in [9.17, 15) is 20.1 Å². The molecule has 0 radical (unpaired) electrons. The molecule has 2 aromatic rings. The van der Waals surface area contributed by atoms with Crippen molar-refractivity contribution in [1.29, 1.82) is 0 Å². The Hall–Kier alpha value is -2.61. The third-order valence-corrected chi connectivity index (χ3v) is 7.51. The Bertz CT molecular complexity index is 1060. The number of carboxylic acids is 1. The fourth-order valence-corrected chi connectivity index (χ4v) is 4.78. The lowest BCUT2D eigenvalue weighted by atomic mass is 9.68. The monoisotopic (exact) mass is 588 g/mol. The van der Waals surface area contributed by atoms with Gasteiger partial charge in [-0.1, -0.05) is 107 Å². The van der Waals surface area contributed by atoms with Crippen molar-refractivity contribution in [3.8, 4) is 11.5 Å². The quantitative estimate of drug-likeness (QED) is 0.229. The van der Waals surface area contributed by atoms with Crippen LogP contribution in [0.25, 0.3) is 0 Å². The van der Waals surface area contributed by atoms with Crippen LogP contribution in [0.15, 0.2) is 24.3 Å². The predicted octanol–water partition coefficient (Wildman–Crippen LogP) is 6.67. The first-order valence-electron chi connectivity index (χ1n) is 14.6. The van der Waals surface area contributed by atoms with Crippen LogP contribution in [0.1, 0.15) is 123 Å². The van der Waals surface area contributed by atoms with Crippen molar-refractivity contribution in [3.05, 3.63) is 57.6 Å². The Morgan fingerprint density at radius 2 is 0.810 bits per heavy atom. The molecule has 7 nitrogen and oxygen atoms in total. The number of ether oxygens (including phenoxy) is 1. The minimum atomic E-state index is -1.40. The molecule has 0 aliphatic carbocycles. The summed E-state index contributed by atoms with van der Waals surface area (Å²) in [6.45, 7) is 26.7. The van der Waals surface area contributed by atoms with Crippen molar-refractivity contribution in [3.63, 3.8) is 0 Å². The van der Waals surface area contributed by atoms with E-state index in [1.54, 1.807) is 6.92 Å². The summed E-state index contributed by atoms with van der Waals surface area (Å²) in [5.74, 6) is -0.538. The van der Waals surface area contributed by atoms with E-state index in [-0.39, 0.29) is 46.4 Å². The smallest absolute Gasteiger partial charge is 0.318 e. The Kier molecular flexibility index (Phi) is 11.9. The van der Waals surface area contributed by atoms with Gasteiger partial charge in [-0.2, -0.15) is 0 Å². The van der Waals surface area contributed by atoms with Gasteiger partial charge in [-0.3, -0.25) is 4.79 Å². The summed E-state index contributed by atoms with van der Waals surface area (Å²) in [7, 11) is 0. The van der Waals surface area contributed by atoms with Crippen LogP contribution in [0, 0.1) is 0 Å². The number of carbonyl (C=O) groups is 1. The molecule has 0 amide bonds. The second-order valence-corrected chi connectivity index (χ2v) is 15.3. The average Bonchev–Trinajstić information content (AvgIpc) is 2.81. The number of benzene rings is 2. The minimum Gasteiger partial charge on any atom is -0.507 e. The zero-order valence-corrected chi connectivity index (χ0v) is 28.2. The Balaban J connectivity index is 0.00000112. The molecule has 0 unspecified atom stereocenters. The standard InChI is InChI=1S/C31H46O4.C4H10O3/c1-27(2,3)20-14-18(15-21(24(20)32)28(4,5)6)31(13,26(34)35)19-16-22(29(7,8)9)25(33)23(17-19)30(10,11)12;5-1-3-7-4-2-6/h14-17,32-33H,1-13H3,(H,34,35);5-6H,1-4H2. The molecule has 7 heteroatoms. The van der Waals surface area contributed by atoms with Crippen molar-refractivity contribution < 1.29 is 35.1 Å². The van der Waals surface area contributed by atoms with E-state index in [1.807, 2.05) is 107 Å². The van der Waals surface area contributed by atoms with Crippen LogP contribution in [0.3, 0.4) is 0 Å². The van der Waals surface area contributed by atoms with Gasteiger partial charge in [0.15, 0.2) is 0 Å². The third kappa shape index (κ3) is 8.71. The number of aliphatic hydroxyl groups excluding tert-OH is 2. The predicted molar refractivity (Wildman–Crippen MR) is 170 cm³/mol. The van der Waals surface area contributed by atoms with Crippen molar-refractivity contribution in [2.45, 2.75) is 117 Å². The third-order valence-electron chi connectivity index (χ3n) is 7.51. The first kappa shape index (κ1) is 37.4. The number of phenols is 2. The number of rotatable bonds is 7. The summed E-state index contributed by atoms with van der Waals surface area (Å²) in [5.41, 5.74) is 1.16. The number of carboxylic acid groups (broad SMARTS) is 1. The van der Waals surface area contributed by atoms with Gasteiger partial charge in [0.05, 0.1) is 26.4 Å². The van der Waals surface area contributed by atoms with Crippen LogP contribution >= 0.6 is 0 Å². The maximum Gasteiger partial charge on any atom is 0.318 e. The van der Waals surface area contributed by atoms with Crippen LogP contribution in [0.2, 0.25) is 0 Å². The van der Waals surface area contributed by atoms with Crippen LogP contribution in [0.4, 0.5) is 0 Å². The molecule has 0 heterocycles. The second kappa shape index (κ2) is 13.4. The lowest BCUT2D eigenvalue weighted by Crippen LogP contribution is -2.36. The van der Waals surface area contributed by atoms with Gasteiger partial charge in [0.25, 0.3) is 0 Å². The highest BCUT2D eigenvalue weighted by molar-refractivity contribution is 5.86. The van der Waals surface area contributed by atoms with E-state index in [0.717, 1.165) is 22.3 Å². The van der Waals surface area contributed by atoms with E-state index in [4.69, 9.17) is 10.2 Å². The lowest BCUT2D eigenvalue weighted by molar-refractivity contribution is -0.141. The van der Waals surface area contributed by atoms with Crippen LogP contribution in [-0.4, -0.2) is 57.9 Å². The summed E-state index contributed by atoms with van der Waals surface area (Å²) in [5, 5.41) is 49.3. The molecule has 0 saturated heterocycles. The van der Waals surface area contributed by atoms with E-state index >= 15 is 0 Å². The number of aromatic hydroxyl groups is 2. The molecule has 0 aliphatic heterocycles. The van der Waals surface area contributed by atoms with Crippen molar-refractivity contribution in [2.24, 2.45) is 0 Å². The largest absolute Gasteiger partial charge is 0.507 e. The minimum absolute atomic E-state index is 0.0278. The van der Waals surface area contributed by atoms with Gasteiger partial charge in [0.1, 0.15) is 16.9 Å². The SMILES string of the molecule is CC(C)(C)c1cc(C(C)(C(=O)O)c2cc(C(C)(C)C)c(O)c(C(C)(C)C)c2)cc(C(C)(C)C)c1O.OCCOCCO. The Labute approximate surface area is 253 Å². The highest BCUT2D eigenvalue weighted by atomic mass is 16.5. The van der Waals surface area contributed by atoms with E-state index in [1.165, 1.54) is 0 Å². The van der Waals surface area contributed by atoms with Gasteiger partial charge >= 0.3 is 5.97 Å². The van der Waals surface area contributed by atoms with Gasteiger partial charge < -0.3 is 30.3 Å². The molecule has 0 atom stereocenters. The molecule has 238 valence electrons. The normalized spacial score (nSPS) is 13.0. The van der Waals surface area contributed by atoms with E-state index in [2.05, 4.69) is 4.74 Å². The van der Waals surface area contributed by atoms with Crippen LogP contribution in [-0.2, 0) is 36.6 Å². The fraction of sp³-hybridized carbons (Fsp3) is 0.629. The molecule has 42 heavy (non-hydrogen) atoms. The summed E-state index contributed by atoms with van der Waals surface area (Å²) in [6, 6.07) is 7.39. The molecular weight excluding hydrogens is 532 g/mol. The van der Waals surface area contributed by atoms with Gasteiger partial charge in [0, 0.05) is 0 Å².